The highest BCUT2D eigenvalue weighted by atomic mass is 16.1. The molecule has 21 heavy (non-hydrogen) atoms. The molecule has 6 nitrogen and oxygen atoms in total. The van der Waals surface area contributed by atoms with Gasteiger partial charge in [-0.3, -0.25) is 4.79 Å². The lowest BCUT2D eigenvalue weighted by Gasteiger charge is -2.17. The second-order valence-corrected chi connectivity index (χ2v) is 5.69. The van der Waals surface area contributed by atoms with Gasteiger partial charge in [0.15, 0.2) is 0 Å². The van der Waals surface area contributed by atoms with Crippen molar-refractivity contribution in [2.75, 3.05) is 23.7 Å². The van der Waals surface area contributed by atoms with Crippen LogP contribution in [0.2, 0.25) is 0 Å². The van der Waals surface area contributed by atoms with E-state index in [1.54, 1.807) is 6.33 Å². The lowest BCUT2D eigenvalue weighted by molar-refractivity contribution is -0.120. The molecule has 3 N–H and O–H groups in total. The lowest BCUT2D eigenvalue weighted by atomic mass is 10.0. The van der Waals surface area contributed by atoms with Gasteiger partial charge in [-0.1, -0.05) is 13.8 Å². The SMILES string of the molecule is CCNc1ncnc(NCCC(=O)NC2CC2)c1C(C)C. The third-order valence-electron chi connectivity index (χ3n) is 3.39. The van der Waals surface area contributed by atoms with E-state index in [9.17, 15) is 4.79 Å². The normalized spacial score (nSPS) is 14.1. The van der Waals surface area contributed by atoms with Gasteiger partial charge >= 0.3 is 0 Å². The molecule has 1 aliphatic rings. The molecule has 1 aromatic rings. The molecule has 0 bridgehead atoms. The first-order valence-electron chi connectivity index (χ1n) is 7.73. The summed E-state index contributed by atoms with van der Waals surface area (Å²) in [4.78, 5) is 20.3. The van der Waals surface area contributed by atoms with E-state index in [0.717, 1.165) is 36.6 Å². The summed E-state index contributed by atoms with van der Waals surface area (Å²) in [6.07, 6.45) is 4.26. The first-order chi connectivity index (χ1) is 10.1. The summed E-state index contributed by atoms with van der Waals surface area (Å²) in [5.41, 5.74) is 1.07. The molecule has 0 aliphatic heterocycles. The first kappa shape index (κ1) is 15.5. The highest BCUT2D eigenvalue weighted by Crippen LogP contribution is 2.28. The number of anilines is 2. The van der Waals surface area contributed by atoms with Gasteiger partial charge in [0.1, 0.15) is 18.0 Å². The van der Waals surface area contributed by atoms with Gasteiger partial charge in [-0.15, -0.1) is 0 Å². The van der Waals surface area contributed by atoms with Gasteiger partial charge in [0.25, 0.3) is 0 Å². The Morgan fingerprint density at radius 1 is 1.29 bits per heavy atom. The molecule has 1 saturated carbocycles. The van der Waals surface area contributed by atoms with E-state index in [1.165, 1.54) is 0 Å². The predicted octanol–water partition coefficient (Wildman–Crippen LogP) is 2.11. The maximum absolute atomic E-state index is 11.7. The smallest absolute Gasteiger partial charge is 0.221 e. The van der Waals surface area contributed by atoms with Crippen molar-refractivity contribution in [3.8, 4) is 0 Å². The number of aromatic nitrogens is 2. The predicted molar refractivity (Wildman–Crippen MR) is 84.6 cm³/mol. The molecule has 0 aromatic carbocycles. The molecule has 2 rings (SSSR count). The molecule has 6 heteroatoms. The Labute approximate surface area is 126 Å². The van der Waals surface area contributed by atoms with Crippen molar-refractivity contribution in [1.82, 2.24) is 15.3 Å². The van der Waals surface area contributed by atoms with Crippen LogP contribution >= 0.6 is 0 Å². The van der Waals surface area contributed by atoms with E-state index in [0.29, 0.717) is 24.9 Å². The Balaban J connectivity index is 1.94. The van der Waals surface area contributed by atoms with E-state index >= 15 is 0 Å². The summed E-state index contributed by atoms with van der Waals surface area (Å²) in [6, 6.07) is 0.420. The number of hydrogen-bond acceptors (Lipinski definition) is 5. The summed E-state index contributed by atoms with van der Waals surface area (Å²) >= 11 is 0. The van der Waals surface area contributed by atoms with Crippen molar-refractivity contribution in [3.05, 3.63) is 11.9 Å². The van der Waals surface area contributed by atoms with Crippen LogP contribution in [0.25, 0.3) is 0 Å². The summed E-state index contributed by atoms with van der Waals surface area (Å²) in [5, 5.41) is 9.51. The van der Waals surface area contributed by atoms with Crippen LogP contribution < -0.4 is 16.0 Å². The van der Waals surface area contributed by atoms with Crippen molar-refractivity contribution in [2.45, 2.75) is 52.0 Å². The first-order valence-corrected chi connectivity index (χ1v) is 7.73. The minimum atomic E-state index is 0.108. The third-order valence-corrected chi connectivity index (χ3v) is 3.39. The topological polar surface area (TPSA) is 78.9 Å². The maximum Gasteiger partial charge on any atom is 0.221 e. The van der Waals surface area contributed by atoms with E-state index in [-0.39, 0.29) is 5.91 Å². The molecule has 1 aliphatic carbocycles. The summed E-state index contributed by atoms with van der Waals surface area (Å²) in [5.74, 6) is 2.10. The quantitative estimate of drug-likeness (QED) is 0.683. The van der Waals surface area contributed by atoms with Crippen LogP contribution in [0, 0.1) is 0 Å². The monoisotopic (exact) mass is 291 g/mol. The maximum atomic E-state index is 11.7. The molecule has 0 atom stereocenters. The number of nitrogens with one attached hydrogen (secondary N) is 3. The van der Waals surface area contributed by atoms with Gasteiger partial charge in [-0.05, 0) is 25.7 Å². The number of nitrogens with zero attached hydrogens (tertiary/aromatic N) is 2. The van der Waals surface area contributed by atoms with Crippen LogP contribution in [-0.4, -0.2) is 35.0 Å². The number of carbonyl (C=O) groups is 1. The minimum Gasteiger partial charge on any atom is -0.370 e. The van der Waals surface area contributed by atoms with Crippen LogP contribution in [0.3, 0.4) is 0 Å². The molecule has 0 unspecified atom stereocenters. The van der Waals surface area contributed by atoms with Gasteiger partial charge in [-0.25, -0.2) is 9.97 Å². The second-order valence-electron chi connectivity index (χ2n) is 5.69. The molecule has 116 valence electrons. The minimum absolute atomic E-state index is 0.108. The zero-order valence-corrected chi connectivity index (χ0v) is 13.1. The van der Waals surface area contributed by atoms with Crippen LogP contribution in [0.1, 0.15) is 51.5 Å². The molecular weight excluding hydrogens is 266 g/mol. The summed E-state index contributed by atoms with van der Waals surface area (Å²) in [6.45, 7) is 7.68. The Morgan fingerprint density at radius 3 is 2.52 bits per heavy atom. The fourth-order valence-electron chi connectivity index (χ4n) is 2.21. The standard InChI is InChI=1S/C15H25N5O/c1-4-16-14-13(10(2)3)15(19-9-18-14)17-8-7-12(21)20-11-5-6-11/h9-11H,4-8H2,1-3H3,(H,20,21)(H2,16,17,18,19). The number of amides is 1. The van der Waals surface area contributed by atoms with Crippen molar-refractivity contribution in [2.24, 2.45) is 0 Å². The van der Waals surface area contributed by atoms with Crippen LogP contribution in [0.4, 0.5) is 11.6 Å². The Hall–Kier alpha value is -1.85. The van der Waals surface area contributed by atoms with Crippen LogP contribution in [-0.2, 0) is 4.79 Å². The van der Waals surface area contributed by atoms with Crippen molar-refractivity contribution < 1.29 is 4.79 Å². The van der Waals surface area contributed by atoms with Crippen molar-refractivity contribution in [1.29, 1.82) is 0 Å². The van der Waals surface area contributed by atoms with Gasteiger partial charge in [0, 0.05) is 31.1 Å². The molecule has 0 saturated heterocycles. The van der Waals surface area contributed by atoms with Crippen LogP contribution in [0.5, 0.6) is 0 Å². The zero-order chi connectivity index (χ0) is 15.2. The average molecular weight is 291 g/mol. The Kier molecular flexibility index (Phi) is 5.36. The Morgan fingerprint density at radius 2 is 1.95 bits per heavy atom. The average Bonchev–Trinajstić information content (AvgIpc) is 3.23. The fraction of sp³-hybridized carbons (Fsp3) is 0.667. The molecule has 1 heterocycles. The molecule has 1 amide bonds. The Bertz CT molecular complexity index is 485. The third kappa shape index (κ3) is 4.58. The van der Waals surface area contributed by atoms with E-state index in [4.69, 9.17) is 0 Å². The molecule has 1 aromatic heterocycles. The second kappa shape index (κ2) is 7.24. The fourth-order valence-corrected chi connectivity index (χ4v) is 2.21. The number of rotatable bonds is 8. The van der Waals surface area contributed by atoms with E-state index in [1.807, 2.05) is 6.92 Å². The van der Waals surface area contributed by atoms with Crippen LogP contribution in [0.15, 0.2) is 6.33 Å². The summed E-state index contributed by atoms with van der Waals surface area (Å²) < 4.78 is 0. The highest BCUT2D eigenvalue weighted by molar-refractivity contribution is 5.77. The van der Waals surface area contributed by atoms with Crippen molar-refractivity contribution >= 4 is 17.5 Å². The van der Waals surface area contributed by atoms with Crippen molar-refractivity contribution in [3.63, 3.8) is 0 Å². The highest BCUT2D eigenvalue weighted by Gasteiger charge is 2.23. The zero-order valence-electron chi connectivity index (χ0n) is 13.1. The van der Waals surface area contributed by atoms with Gasteiger partial charge in [0.2, 0.25) is 5.91 Å². The van der Waals surface area contributed by atoms with E-state index in [2.05, 4.69) is 39.8 Å². The summed E-state index contributed by atoms with van der Waals surface area (Å²) in [7, 11) is 0. The number of carbonyl (C=O) groups excluding carboxylic acids is 1. The molecule has 0 radical (unpaired) electrons. The van der Waals surface area contributed by atoms with Gasteiger partial charge in [-0.2, -0.15) is 0 Å². The van der Waals surface area contributed by atoms with Gasteiger partial charge in [0.05, 0.1) is 0 Å². The van der Waals surface area contributed by atoms with E-state index < -0.39 is 0 Å². The molecule has 0 spiro atoms. The molecule has 1 fully saturated rings. The molecular formula is C15H25N5O. The number of hydrogen-bond donors (Lipinski definition) is 3. The largest absolute Gasteiger partial charge is 0.370 e. The van der Waals surface area contributed by atoms with Gasteiger partial charge < -0.3 is 16.0 Å². The lowest BCUT2D eigenvalue weighted by Crippen LogP contribution is -2.27.